The van der Waals surface area contributed by atoms with E-state index in [2.05, 4.69) is 0 Å². The first-order valence-corrected chi connectivity index (χ1v) is 6.38. The molecule has 0 saturated heterocycles. The molecular formula is C15H12ClNO3. The van der Waals surface area contributed by atoms with E-state index >= 15 is 0 Å². The van der Waals surface area contributed by atoms with Crippen LogP contribution in [-0.2, 0) is 6.42 Å². The van der Waals surface area contributed by atoms with E-state index in [1.54, 1.807) is 43.3 Å². The van der Waals surface area contributed by atoms with Gasteiger partial charge in [-0.25, -0.2) is 0 Å². The zero-order valence-corrected chi connectivity index (χ0v) is 11.6. The summed E-state index contributed by atoms with van der Waals surface area (Å²) in [6, 6.07) is 11.6. The van der Waals surface area contributed by atoms with Crippen molar-refractivity contribution in [1.82, 2.24) is 0 Å². The van der Waals surface area contributed by atoms with Gasteiger partial charge in [0.1, 0.15) is 0 Å². The van der Waals surface area contributed by atoms with Crippen molar-refractivity contribution < 1.29 is 9.72 Å². The Morgan fingerprint density at radius 1 is 1.25 bits per heavy atom. The number of nitro groups is 1. The smallest absolute Gasteiger partial charge is 0.273 e. The Hall–Kier alpha value is -2.20. The van der Waals surface area contributed by atoms with Crippen molar-refractivity contribution >= 4 is 23.1 Å². The molecule has 0 spiro atoms. The van der Waals surface area contributed by atoms with E-state index in [4.69, 9.17) is 11.6 Å². The molecule has 0 aromatic heterocycles. The third-order valence-electron chi connectivity index (χ3n) is 3.04. The molecule has 0 heterocycles. The number of carbonyl (C=O) groups is 1. The van der Waals surface area contributed by atoms with Crippen LogP contribution in [0.2, 0.25) is 5.02 Å². The van der Waals surface area contributed by atoms with Gasteiger partial charge in [-0.05, 0) is 18.6 Å². The minimum atomic E-state index is -0.485. The van der Waals surface area contributed by atoms with Gasteiger partial charge < -0.3 is 0 Å². The summed E-state index contributed by atoms with van der Waals surface area (Å²) in [5.74, 6) is -0.193. The lowest BCUT2D eigenvalue weighted by Crippen LogP contribution is -2.05. The summed E-state index contributed by atoms with van der Waals surface area (Å²) in [7, 11) is 0. The van der Waals surface area contributed by atoms with Crippen LogP contribution >= 0.6 is 11.6 Å². The molecule has 5 heteroatoms. The van der Waals surface area contributed by atoms with Gasteiger partial charge in [-0.1, -0.05) is 41.9 Å². The van der Waals surface area contributed by atoms with Crippen LogP contribution in [0.25, 0.3) is 0 Å². The van der Waals surface area contributed by atoms with Crippen molar-refractivity contribution in [2.75, 3.05) is 0 Å². The highest BCUT2D eigenvalue weighted by atomic mass is 35.5. The van der Waals surface area contributed by atoms with Crippen LogP contribution in [0, 0.1) is 17.0 Å². The molecule has 0 saturated carbocycles. The quantitative estimate of drug-likeness (QED) is 0.486. The predicted octanol–water partition coefficient (Wildman–Crippen LogP) is 3.98. The Morgan fingerprint density at radius 3 is 2.60 bits per heavy atom. The van der Waals surface area contributed by atoms with Crippen molar-refractivity contribution in [3.63, 3.8) is 0 Å². The summed E-state index contributed by atoms with van der Waals surface area (Å²) >= 11 is 6.00. The number of benzene rings is 2. The summed E-state index contributed by atoms with van der Waals surface area (Å²) < 4.78 is 0. The highest BCUT2D eigenvalue weighted by Crippen LogP contribution is 2.22. The first-order chi connectivity index (χ1) is 9.49. The van der Waals surface area contributed by atoms with Gasteiger partial charge in [0.15, 0.2) is 5.78 Å². The van der Waals surface area contributed by atoms with Crippen molar-refractivity contribution in [2.24, 2.45) is 0 Å². The van der Waals surface area contributed by atoms with Crippen molar-refractivity contribution in [1.29, 1.82) is 0 Å². The highest BCUT2D eigenvalue weighted by molar-refractivity contribution is 6.31. The number of nitro benzene ring substituents is 1. The molecule has 0 amide bonds. The molecule has 20 heavy (non-hydrogen) atoms. The van der Waals surface area contributed by atoms with Crippen LogP contribution in [-0.4, -0.2) is 10.7 Å². The van der Waals surface area contributed by atoms with Gasteiger partial charge in [0, 0.05) is 28.6 Å². The lowest BCUT2D eigenvalue weighted by atomic mass is 10.0. The highest BCUT2D eigenvalue weighted by Gasteiger charge is 2.15. The minimum absolute atomic E-state index is 0.0463. The molecule has 0 bridgehead atoms. The molecule has 4 nitrogen and oxygen atoms in total. The average Bonchev–Trinajstić information content (AvgIpc) is 2.41. The summed E-state index contributed by atoms with van der Waals surface area (Å²) in [6.07, 6.45) is 0.125. The number of ketones is 1. The lowest BCUT2D eigenvalue weighted by molar-refractivity contribution is -0.385. The average molecular weight is 290 g/mol. The monoisotopic (exact) mass is 289 g/mol. The zero-order chi connectivity index (χ0) is 14.7. The number of hydrogen-bond acceptors (Lipinski definition) is 3. The molecule has 0 atom stereocenters. The predicted molar refractivity (Wildman–Crippen MR) is 77.3 cm³/mol. The largest absolute Gasteiger partial charge is 0.294 e. The number of rotatable bonds is 4. The fourth-order valence-electron chi connectivity index (χ4n) is 1.90. The van der Waals surface area contributed by atoms with E-state index in [0.29, 0.717) is 21.7 Å². The molecule has 2 aromatic rings. The van der Waals surface area contributed by atoms with Gasteiger partial charge in [0.2, 0.25) is 0 Å². The standard InChI is InChI=1S/C15H12ClNO3/c1-10-6-7-12(8-14(10)17(19)20)15(18)9-11-4-2-3-5-13(11)16/h2-8H,9H2,1H3. The number of carbonyl (C=O) groups excluding carboxylic acids is 1. The van der Waals surface area contributed by atoms with Crippen LogP contribution in [0.15, 0.2) is 42.5 Å². The number of aryl methyl sites for hydroxylation is 1. The number of nitrogens with zero attached hydrogens (tertiary/aromatic N) is 1. The molecule has 0 fully saturated rings. The second kappa shape index (κ2) is 5.84. The lowest BCUT2D eigenvalue weighted by Gasteiger charge is -2.05. The maximum Gasteiger partial charge on any atom is 0.273 e. The van der Waals surface area contributed by atoms with Gasteiger partial charge in [-0.3, -0.25) is 14.9 Å². The fourth-order valence-corrected chi connectivity index (χ4v) is 2.10. The van der Waals surface area contributed by atoms with E-state index in [0.717, 1.165) is 0 Å². The Bertz CT molecular complexity index is 683. The topological polar surface area (TPSA) is 60.2 Å². The second-order valence-corrected chi connectivity index (χ2v) is 4.86. The molecular weight excluding hydrogens is 278 g/mol. The Kier molecular flexibility index (Phi) is 4.15. The van der Waals surface area contributed by atoms with E-state index < -0.39 is 4.92 Å². The zero-order valence-electron chi connectivity index (χ0n) is 10.8. The molecule has 2 rings (SSSR count). The molecule has 0 N–H and O–H groups in total. The number of Topliss-reactive ketones (excluding diaryl/α,β-unsaturated/α-hetero) is 1. The van der Waals surface area contributed by atoms with Crippen molar-refractivity contribution in [3.8, 4) is 0 Å². The maximum atomic E-state index is 12.2. The number of hydrogen-bond donors (Lipinski definition) is 0. The molecule has 0 aliphatic heterocycles. The molecule has 0 unspecified atom stereocenters. The normalized spacial score (nSPS) is 10.3. The van der Waals surface area contributed by atoms with E-state index in [1.165, 1.54) is 6.07 Å². The molecule has 0 aliphatic carbocycles. The van der Waals surface area contributed by atoms with Gasteiger partial charge in [0.05, 0.1) is 4.92 Å². The van der Waals surface area contributed by atoms with E-state index in [-0.39, 0.29) is 17.9 Å². The van der Waals surface area contributed by atoms with Crippen LogP contribution in [0.4, 0.5) is 5.69 Å². The van der Waals surface area contributed by atoms with Crippen LogP contribution in [0.3, 0.4) is 0 Å². The van der Waals surface area contributed by atoms with Gasteiger partial charge >= 0.3 is 0 Å². The first-order valence-electron chi connectivity index (χ1n) is 6.00. The summed E-state index contributed by atoms with van der Waals surface area (Å²) in [6.45, 7) is 1.64. The minimum Gasteiger partial charge on any atom is -0.294 e. The van der Waals surface area contributed by atoms with E-state index in [9.17, 15) is 14.9 Å². The van der Waals surface area contributed by atoms with Gasteiger partial charge in [-0.2, -0.15) is 0 Å². The summed E-state index contributed by atoms with van der Waals surface area (Å²) in [4.78, 5) is 22.6. The van der Waals surface area contributed by atoms with Gasteiger partial charge in [0.25, 0.3) is 5.69 Å². The second-order valence-electron chi connectivity index (χ2n) is 4.45. The molecule has 2 aromatic carbocycles. The van der Waals surface area contributed by atoms with Crippen LogP contribution < -0.4 is 0 Å². The first kappa shape index (κ1) is 14.2. The van der Waals surface area contributed by atoms with Crippen molar-refractivity contribution in [2.45, 2.75) is 13.3 Å². The summed E-state index contributed by atoms with van der Waals surface area (Å²) in [5, 5.41) is 11.4. The summed E-state index contributed by atoms with van der Waals surface area (Å²) in [5.41, 5.74) is 1.52. The third-order valence-corrected chi connectivity index (χ3v) is 3.41. The van der Waals surface area contributed by atoms with E-state index in [1.807, 2.05) is 0 Å². The third kappa shape index (κ3) is 3.03. The molecule has 102 valence electrons. The maximum absolute atomic E-state index is 12.2. The van der Waals surface area contributed by atoms with Crippen LogP contribution in [0.5, 0.6) is 0 Å². The Morgan fingerprint density at radius 2 is 1.95 bits per heavy atom. The molecule has 0 radical (unpaired) electrons. The molecule has 0 aliphatic rings. The van der Waals surface area contributed by atoms with Crippen LogP contribution in [0.1, 0.15) is 21.5 Å². The van der Waals surface area contributed by atoms with Crippen molar-refractivity contribution in [3.05, 3.63) is 74.3 Å². The fraction of sp³-hybridized carbons (Fsp3) is 0.133. The Balaban J connectivity index is 2.28. The number of halogens is 1. The SMILES string of the molecule is Cc1ccc(C(=O)Cc2ccccc2Cl)cc1[N+](=O)[O-]. The van der Waals surface area contributed by atoms with Gasteiger partial charge in [-0.15, -0.1) is 0 Å². The Labute approximate surface area is 121 Å².